The largest absolute Gasteiger partial charge is 0.497 e. The van der Waals surface area contributed by atoms with Crippen LogP contribution < -0.4 is 4.74 Å². The first-order valence-corrected chi connectivity index (χ1v) is 8.87. The summed E-state index contributed by atoms with van der Waals surface area (Å²) in [5.74, 6) is -0.981. The fourth-order valence-corrected chi connectivity index (χ4v) is 4.75. The van der Waals surface area contributed by atoms with Gasteiger partial charge < -0.3 is 14.7 Å². The average Bonchev–Trinajstić information content (AvgIpc) is 2.55. The summed E-state index contributed by atoms with van der Waals surface area (Å²) in [4.78, 5) is 16.8. The fraction of sp³-hybridized carbons (Fsp3) is 0.533. The topological polar surface area (TPSA) is 93.1 Å². The third-order valence-electron chi connectivity index (χ3n) is 4.29. The third-order valence-corrected chi connectivity index (χ3v) is 6.78. The first-order chi connectivity index (χ1) is 10.8. The molecule has 1 aromatic carbocycles. The van der Waals surface area contributed by atoms with Gasteiger partial charge in [0.2, 0.25) is 0 Å². The van der Waals surface area contributed by atoms with E-state index in [0.29, 0.717) is 11.3 Å². The zero-order valence-electron chi connectivity index (χ0n) is 13.2. The maximum Gasteiger partial charge on any atom is 0.325 e. The average molecular weight is 343 g/mol. The lowest BCUT2D eigenvalue weighted by Crippen LogP contribution is -2.54. The van der Waals surface area contributed by atoms with Crippen LogP contribution in [0.15, 0.2) is 24.3 Å². The van der Waals surface area contributed by atoms with Gasteiger partial charge in [-0.15, -0.1) is 0 Å². The van der Waals surface area contributed by atoms with E-state index in [2.05, 4.69) is 0 Å². The maximum absolute atomic E-state index is 12.8. The molecule has 1 aliphatic heterocycles. The number of rotatable bonds is 6. The summed E-state index contributed by atoms with van der Waals surface area (Å²) >= 11 is 0. The van der Waals surface area contributed by atoms with Crippen molar-refractivity contribution in [3.05, 3.63) is 29.8 Å². The van der Waals surface area contributed by atoms with Gasteiger partial charge in [0, 0.05) is 13.1 Å². The molecule has 23 heavy (non-hydrogen) atoms. The highest BCUT2D eigenvalue weighted by Gasteiger charge is 2.52. The van der Waals surface area contributed by atoms with Crippen LogP contribution in [0.5, 0.6) is 5.75 Å². The lowest BCUT2D eigenvalue weighted by Gasteiger charge is -2.37. The van der Waals surface area contributed by atoms with Crippen molar-refractivity contribution in [1.82, 2.24) is 5.06 Å². The van der Waals surface area contributed by atoms with Crippen molar-refractivity contribution in [3.63, 3.8) is 0 Å². The van der Waals surface area contributed by atoms with Crippen molar-refractivity contribution in [2.24, 2.45) is 0 Å². The number of hydrogen-bond acceptors (Lipinski definition) is 6. The molecule has 128 valence electrons. The van der Waals surface area contributed by atoms with Crippen LogP contribution >= 0.6 is 0 Å². The van der Waals surface area contributed by atoms with E-state index in [4.69, 9.17) is 9.57 Å². The smallest absolute Gasteiger partial charge is 0.325 e. The molecule has 2 rings (SSSR count). The number of benzene rings is 1. The number of piperidine rings is 1. The summed E-state index contributed by atoms with van der Waals surface area (Å²) < 4.78 is 28.9. The van der Waals surface area contributed by atoms with Crippen LogP contribution in [-0.2, 0) is 25.2 Å². The molecule has 8 heteroatoms. The molecular weight excluding hydrogens is 322 g/mol. The number of nitrogens with zero attached hydrogens (tertiary/aromatic N) is 1. The van der Waals surface area contributed by atoms with Crippen molar-refractivity contribution in [2.75, 3.05) is 27.3 Å². The van der Waals surface area contributed by atoms with Gasteiger partial charge in [-0.2, -0.15) is 5.06 Å². The van der Waals surface area contributed by atoms with Gasteiger partial charge in [-0.1, -0.05) is 12.1 Å². The summed E-state index contributed by atoms with van der Waals surface area (Å²) in [6, 6.07) is 6.59. The minimum atomic E-state index is -3.87. The van der Waals surface area contributed by atoms with E-state index >= 15 is 0 Å². The standard InChI is InChI=1S/C15H21NO6S/c1-21-13-5-3-12(4-6-13)11-23(19,20)15(14(17)18)7-9-16(22-2)10-8-15/h3-6H,7-11H2,1-2H3,(H,17,18). The lowest BCUT2D eigenvalue weighted by molar-refractivity contribution is -0.158. The van der Waals surface area contributed by atoms with Gasteiger partial charge in [-0.25, -0.2) is 8.42 Å². The Kier molecular flexibility index (Phi) is 5.28. The monoisotopic (exact) mass is 343 g/mol. The molecule has 1 aromatic rings. The van der Waals surface area contributed by atoms with Gasteiger partial charge in [-0.3, -0.25) is 4.79 Å². The van der Waals surface area contributed by atoms with Gasteiger partial charge in [0.15, 0.2) is 14.6 Å². The Morgan fingerprint density at radius 2 is 1.78 bits per heavy atom. The summed E-state index contributed by atoms with van der Waals surface area (Å²) in [7, 11) is -0.863. The van der Waals surface area contributed by atoms with Gasteiger partial charge in [0.05, 0.1) is 20.0 Å². The fourth-order valence-electron chi connectivity index (χ4n) is 2.77. The highest BCUT2D eigenvalue weighted by molar-refractivity contribution is 7.92. The van der Waals surface area contributed by atoms with Crippen LogP contribution in [0.1, 0.15) is 18.4 Å². The van der Waals surface area contributed by atoms with E-state index in [-0.39, 0.29) is 31.7 Å². The Balaban J connectivity index is 2.25. The number of carbonyl (C=O) groups is 1. The zero-order chi connectivity index (χ0) is 17.1. The van der Waals surface area contributed by atoms with Crippen molar-refractivity contribution in [1.29, 1.82) is 0 Å². The highest BCUT2D eigenvalue weighted by Crippen LogP contribution is 2.34. The summed E-state index contributed by atoms with van der Waals surface area (Å²) in [5, 5.41) is 11.2. The van der Waals surface area contributed by atoms with Crippen molar-refractivity contribution < 1.29 is 27.9 Å². The molecule has 1 aliphatic rings. The number of aliphatic carboxylic acids is 1. The predicted molar refractivity (Wildman–Crippen MR) is 83.8 cm³/mol. The van der Waals surface area contributed by atoms with Gasteiger partial charge in [0.25, 0.3) is 0 Å². The van der Waals surface area contributed by atoms with Crippen LogP contribution in [0.4, 0.5) is 0 Å². The second kappa shape index (κ2) is 6.86. The third kappa shape index (κ3) is 3.49. The Morgan fingerprint density at radius 3 is 2.22 bits per heavy atom. The van der Waals surface area contributed by atoms with Crippen molar-refractivity contribution in [2.45, 2.75) is 23.3 Å². The van der Waals surface area contributed by atoms with Gasteiger partial charge >= 0.3 is 5.97 Å². The number of hydrogen-bond donors (Lipinski definition) is 1. The number of carboxylic acid groups (broad SMARTS) is 1. The minimum absolute atomic E-state index is 0.00859. The Morgan fingerprint density at radius 1 is 1.22 bits per heavy atom. The molecule has 0 bridgehead atoms. The molecule has 0 radical (unpaired) electrons. The molecule has 0 aliphatic carbocycles. The van der Waals surface area contributed by atoms with Crippen LogP contribution in [0.2, 0.25) is 0 Å². The van der Waals surface area contributed by atoms with E-state index in [1.54, 1.807) is 29.3 Å². The maximum atomic E-state index is 12.8. The molecule has 1 fully saturated rings. The molecule has 0 atom stereocenters. The number of sulfone groups is 1. The van der Waals surface area contributed by atoms with Crippen LogP contribution in [0, 0.1) is 0 Å². The van der Waals surface area contributed by atoms with E-state index < -0.39 is 20.6 Å². The lowest BCUT2D eigenvalue weighted by atomic mass is 9.97. The second-order valence-electron chi connectivity index (χ2n) is 5.52. The second-order valence-corrected chi connectivity index (χ2v) is 7.82. The summed E-state index contributed by atoms with van der Waals surface area (Å²) in [6.07, 6.45) is 0.0172. The molecule has 0 unspecified atom stereocenters. The van der Waals surface area contributed by atoms with Gasteiger partial charge in [-0.05, 0) is 30.5 Å². The number of ether oxygens (including phenoxy) is 1. The molecule has 1 saturated heterocycles. The number of methoxy groups -OCH3 is 1. The van der Waals surface area contributed by atoms with Gasteiger partial charge in [0.1, 0.15) is 5.75 Å². The predicted octanol–water partition coefficient (Wildman–Crippen LogP) is 1.09. The minimum Gasteiger partial charge on any atom is -0.497 e. The highest BCUT2D eigenvalue weighted by atomic mass is 32.2. The summed E-state index contributed by atoms with van der Waals surface area (Å²) in [5.41, 5.74) is 0.542. The first-order valence-electron chi connectivity index (χ1n) is 7.22. The SMILES string of the molecule is COc1ccc(CS(=O)(=O)C2(C(=O)O)CCN(OC)CC2)cc1. The molecule has 0 saturated carbocycles. The van der Waals surface area contributed by atoms with Crippen molar-refractivity contribution >= 4 is 15.8 Å². The van der Waals surface area contributed by atoms with E-state index in [0.717, 1.165) is 0 Å². The van der Waals surface area contributed by atoms with Crippen LogP contribution in [-0.4, -0.2) is 56.6 Å². The Bertz CT molecular complexity index is 647. The molecule has 0 spiro atoms. The van der Waals surface area contributed by atoms with E-state index in [9.17, 15) is 18.3 Å². The first kappa shape index (κ1) is 17.7. The molecule has 0 aromatic heterocycles. The normalized spacial score (nSPS) is 18.5. The van der Waals surface area contributed by atoms with E-state index in [1.807, 2.05) is 0 Å². The molecule has 1 heterocycles. The van der Waals surface area contributed by atoms with Crippen LogP contribution in [0.3, 0.4) is 0 Å². The van der Waals surface area contributed by atoms with E-state index in [1.165, 1.54) is 14.2 Å². The van der Waals surface area contributed by atoms with Crippen LogP contribution in [0.25, 0.3) is 0 Å². The number of hydroxylamine groups is 2. The Labute approximate surface area is 135 Å². The zero-order valence-corrected chi connectivity index (χ0v) is 14.0. The molecular formula is C15H21NO6S. The quantitative estimate of drug-likeness (QED) is 0.826. The molecule has 7 nitrogen and oxygen atoms in total. The number of carboxylic acids is 1. The molecule has 1 N–H and O–H groups in total. The summed E-state index contributed by atoms with van der Waals surface area (Å²) in [6.45, 7) is 0.537. The molecule has 0 amide bonds. The Hall–Kier alpha value is -1.64. The van der Waals surface area contributed by atoms with Crippen molar-refractivity contribution in [3.8, 4) is 5.75 Å².